The van der Waals surface area contributed by atoms with Crippen LogP contribution in [0.25, 0.3) is 11.0 Å². The molecule has 0 fully saturated rings. The molecule has 0 unspecified atom stereocenters. The van der Waals surface area contributed by atoms with Crippen molar-refractivity contribution in [3.63, 3.8) is 0 Å². The number of nitrogens with one attached hydrogen (secondary N) is 1. The highest BCUT2D eigenvalue weighted by molar-refractivity contribution is 6.28. The van der Waals surface area contributed by atoms with Crippen molar-refractivity contribution < 1.29 is 4.74 Å². The second kappa shape index (κ2) is 3.34. The average Bonchev–Trinajstić information content (AvgIpc) is 2.48. The van der Waals surface area contributed by atoms with Gasteiger partial charge in [-0.3, -0.25) is 5.10 Å². The van der Waals surface area contributed by atoms with E-state index in [1.807, 2.05) is 20.8 Å². The first kappa shape index (κ1) is 10.2. The average molecular weight is 227 g/mol. The van der Waals surface area contributed by atoms with E-state index in [-0.39, 0.29) is 10.9 Å². The predicted molar refractivity (Wildman–Crippen MR) is 57.1 cm³/mol. The molecule has 0 aliphatic rings. The van der Waals surface area contributed by atoms with E-state index in [2.05, 4.69) is 20.2 Å². The summed E-state index contributed by atoms with van der Waals surface area (Å²) >= 11 is 5.76. The first-order chi connectivity index (χ1) is 6.96. The zero-order valence-corrected chi connectivity index (χ0v) is 9.46. The largest absolute Gasteiger partial charge is 0.471 e. The summed E-state index contributed by atoms with van der Waals surface area (Å²) in [4.78, 5) is 8.01. The minimum Gasteiger partial charge on any atom is -0.471 e. The molecule has 0 bridgehead atoms. The summed E-state index contributed by atoms with van der Waals surface area (Å²) in [5.74, 6) is 0.450. The number of H-pyrrole nitrogens is 1. The summed E-state index contributed by atoms with van der Waals surface area (Å²) < 4.78 is 5.66. The number of fused-ring (bicyclic) bond motifs is 1. The Hall–Kier alpha value is -1.36. The molecule has 15 heavy (non-hydrogen) atoms. The van der Waals surface area contributed by atoms with Crippen molar-refractivity contribution in [1.29, 1.82) is 0 Å². The number of aromatic nitrogens is 4. The molecule has 0 radical (unpaired) electrons. The van der Waals surface area contributed by atoms with E-state index in [1.165, 1.54) is 0 Å². The standard InChI is InChI=1S/C9H11ClN4O/c1-9(2,3)15-7-5-4-11-14-6(5)12-8(10)13-7/h4H,1-3H3,(H,11,12,13,14). The molecule has 80 valence electrons. The van der Waals surface area contributed by atoms with Gasteiger partial charge in [-0.05, 0) is 32.4 Å². The highest BCUT2D eigenvalue weighted by Gasteiger charge is 2.17. The monoisotopic (exact) mass is 226 g/mol. The summed E-state index contributed by atoms with van der Waals surface area (Å²) in [6, 6.07) is 0. The molecule has 1 N–H and O–H groups in total. The van der Waals surface area contributed by atoms with Crippen molar-refractivity contribution in [2.45, 2.75) is 26.4 Å². The Morgan fingerprint density at radius 1 is 1.33 bits per heavy atom. The third-order valence-electron chi connectivity index (χ3n) is 1.65. The van der Waals surface area contributed by atoms with E-state index >= 15 is 0 Å². The zero-order valence-electron chi connectivity index (χ0n) is 8.71. The van der Waals surface area contributed by atoms with Crippen LogP contribution in [-0.2, 0) is 0 Å². The van der Waals surface area contributed by atoms with E-state index in [1.54, 1.807) is 6.20 Å². The van der Waals surface area contributed by atoms with Crippen LogP contribution >= 0.6 is 11.6 Å². The quantitative estimate of drug-likeness (QED) is 0.757. The fourth-order valence-electron chi connectivity index (χ4n) is 1.15. The molecule has 5 nitrogen and oxygen atoms in total. The maximum absolute atomic E-state index is 5.76. The Balaban J connectivity index is 2.53. The molecule has 2 aromatic heterocycles. The highest BCUT2D eigenvalue weighted by Crippen LogP contribution is 2.25. The second-order valence-electron chi connectivity index (χ2n) is 4.14. The summed E-state index contributed by atoms with van der Waals surface area (Å²) in [5, 5.41) is 7.46. The predicted octanol–water partition coefficient (Wildman–Crippen LogP) is 2.18. The lowest BCUT2D eigenvalue weighted by atomic mass is 10.2. The van der Waals surface area contributed by atoms with Gasteiger partial charge in [-0.1, -0.05) is 0 Å². The number of hydrogen-bond donors (Lipinski definition) is 1. The van der Waals surface area contributed by atoms with Crippen LogP contribution in [0.15, 0.2) is 6.20 Å². The van der Waals surface area contributed by atoms with Crippen molar-refractivity contribution in [1.82, 2.24) is 20.2 Å². The summed E-state index contributed by atoms with van der Waals surface area (Å²) in [6.45, 7) is 5.82. The molecule has 2 rings (SSSR count). The molecule has 0 atom stereocenters. The molecule has 0 saturated carbocycles. The lowest BCUT2D eigenvalue weighted by Gasteiger charge is -2.20. The molecule has 6 heteroatoms. The summed E-state index contributed by atoms with van der Waals surface area (Å²) in [7, 11) is 0. The first-order valence-corrected chi connectivity index (χ1v) is 4.89. The van der Waals surface area contributed by atoms with E-state index in [4.69, 9.17) is 16.3 Å². The maximum Gasteiger partial charge on any atom is 0.229 e. The van der Waals surface area contributed by atoms with Crippen LogP contribution in [0.5, 0.6) is 5.88 Å². The molecule has 2 heterocycles. The smallest absolute Gasteiger partial charge is 0.229 e. The van der Waals surface area contributed by atoms with Gasteiger partial charge in [0.05, 0.1) is 6.20 Å². The van der Waals surface area contributed by atoms with E-state index in [9.17, 15) is 0 Å². The van der Waals surface area contributed by atoms with Crippen LogP contribution < -0.4 is 4.74 Å². The van der Waals surface area contributed by atoms with E-state index < -0.39 is 0 Å². The molecular formula is C9H11ClN4O. The van der Waals surface area contributed by atoms with Crippen molar-refractivity contribution in [2.75, 3.05) is 0 Å². The molecule has 0 amide bonds. The fourth-order valence-corrected chi connectivity index (χ4v) is 1.31. The van der Waals surface area contributed by atoms with Gasteiger partial charge in [0.1, 0.15) is 11.0 Å². The summed E-state index contributed by atoms with van der Waals surface area (Å²) in [6.07, 6.45) is 1.62. The number of halogens is 1. The van der Waals surface area contributed by atoms with Gasteiger partial charge in [0.25, 0.3) is 0 Å². The van der Waals surface area contributed by atoms with Gasteiger partial charge in [0.2, 0.25) is 11.2 Å². The van der Waals surface area contributed by atoms with Gasteiger partial charge in [-0.2, -0.15) is 15.1 Å². The lowest BCUT2D eigenvalue weighted by Crippen LogP contribution is -2.23. The minimum absolute atomic E-state index is 0.144. The third-order valence-corrected chi connectivity index (χ3v) is 1.82. The van der Waals surface area contributed by atoms with Crippen LogP contribution in [-0.4, -0.2) is 25.8 Å². The number of rotatable bonds is 1. The molecule has 0 aromatic carbocycles. The third kappa shape index (κ3) is 2.18. The van der Waals surface area contributed by atoms with Crippen molar-refractivity contribution in [3.8, 4) is 5.88 Å². The number of nitrogens with zero attached hydrogens (tertiary/aromatic N) is 3. The normalized spacial score (nSPS) is 12.0. The zero-order chi connectivity index (χ0) is 11.1. The van der Waals surface area contributed by atoms with Gasteiger partial charge >= 0.3 is 0 Å². The Morgan fingerprint density at radius 2 is 2.07 bits per heavy atom. The molecule has 0 aliphatic carbocycles. The van der Waals surface area contributed by atoms with E-state index in [0.29, 0.717) is 11.5 Å². The Kier molecular flexibility index (Phi) is 2.26. The number of ether oxygens (including phenoxy) is 1. The molecule has 0 spiro atoms. The Morgan fingerprint density at radius 3 is 2.73 bits per heavy atom. The van der Waals surface area contributed by atoms with Gasteiger partial charge in [0.15, 0.2) is 5.65 Å². The number of hydrogen-bond acceptors (Lipinski definition) is 4. The van der Waals surface area contributed by atoms with Crippen LogP contribution in [0.1, 0.15) is 20.8 Å². The van der Waals surface area contributed by atoms with Crippen LogP contribution in [0.4, 0.5) is 0 Å². The van der Waals surface area contributed by atoms with Gasteiger partial charge < -0.3 is 4.74 Å². The number of aromatic amines is 1. The van der Waals surface area contributed by atoms with Gasteiger partial charge in [-0.25, -0.2) is 0 Å². The van der Waals surface area contributed by atoms with Crippen molar-refractivity contribution >= 4 is 22.6 Å². The van der Waals surface area contributed by atoms with Gasteiger partial charge in [-0.15, -0.1) is 0 Å². The first-order valence-electron chi connectivity index (χ1n) is 4.51. The molecule has 0 saturated heterocycles. The topological polar surface area (TPSA) is 63.7 Å². The van der Waals surface area contributed by atoms with Crippen molar-refractivity contribution in [2.24, 2.45) is 0 Å². The van der Waals surface area contributed by atoms with Crippen LogP contribution in [0.2, 0.25) is 5.28 Å². The van der Waals surface area contributed by atoms with Crippen LogP contribution in [0, 0.1) is 0 Å². The molecular weight excluding hydrogens is 216 g/mol. The molecule has 0 aliphatic heterocycles. The maximum atomic E-state index is 5.76. The second-order valence-corrected chi connectivity index (χ2v) is 4.48. The molecule has 2 aromatic rings. The van der Waals surface area contributed by atoms with Crippen LogP contribution in [0.3, 0.4) is 0 Å². The highest BCUT2D eigenvalue weighted by atomic mass is 35.5. The fraction of sp³-hybridized carbons (Fsp3) is 0.444. The van der Waals surface area contributed by atoms with Gasteiger partial charge in [0, 0.05) is 0 Å². The Bertz CT molecular complexity index is 488. The minimum atomic E-state index is -0.331. The van der Waals surface area contributed by atoms with Crippen molar-refractivity contribution in [3.05, 3.63) is 11.5 Å². The van der Waals surface area contributed by atoms with E-state index in [0.717, 1.165) is 5.39 Å². The SMILES string of the molecule is CC(C)(C)Oc1nc(Cl)nc2[nH]ncc12. The summed E-state index contributed by atoms with van der Waals surface area (Å²) in [5.41, 5.74) is 0.247. The Labute approximate surface area is 91.8 Å². The lowest BCUT2D eigenvalue weighted by molar-refractivity contribution is 0.126.